The number of hydrogen-bond donors (Lipinski definition) is 0. The highest BCUT2D eigenvalue weighted by Crippen LogP contribution is 2.19. The van der Waals surface area contributed by atoms with Crippen LogP contribution < -0.4 is 0 Å². The Kier molecular flexibility index (Phi) is 2.33. The second-order valence-electron chi connectivity index (χ2n) is 3.15. The minimum Gasteiger partial charge on any atom is -0.232 e. The average Bonchev–Trinajstić information content (AvgIpc) is 2.30. The van der Waals surface area contributed by atoms with Crippen molar-refractivity contribution in [2.24, 2.45) is 0 Å². The molecule has 2 rings (SSSR count). The van der Waals surface area contributed by atoms with Gasteiger partial charge in [0.2, 0.25) is 0 Å². The van der Waals surface area contributed by atoms with Crippen LogP contribution in [0, 0.1) is 11.3 Å². The van der Waals surface area contributed by atoms with E-state index >= 15 is 0 Å². The van der Waals surface area contributed by atoms with Gasteiger partial charge in [-0.1, -0.05) is 36.4 Å². The van der Waals surface area contributed by atoms with Gasteiger partial charge in [0.1, 0.15) is 17.6 Å². The first-order valence-electron chi connectivity index (χ1n) is 4.49. The number of benzene rings is 2. The smallest absolute Gasteiger partial charge is 0.144 e. The largest absolute Gasteiger partial charge is 0.232 e. The van der Waals surface area contributed by atoms with Crippen LogP contribution in [0.2, 0.25) is 0 Å². The molecule has 2 aromatic carbocycles. The molecule has 0 unspecified atom stereocenters. The van der Waals surface area contributed by atoms with Crippen molar-refractivity contribution in [2.45, 2.75) is 0 Å². The van der Waals surface area contributed by atoms with Crippen LogP contribution in [0.3, 0.4) is 0 Å². The molecular weight excluding hydrogens is 186 g/mol. The Labute approximate surface area is 87.1 Å². The summed E-state index contributed by atoms with van der Waals surface area (Å²) in [6.07, 6.45) is 0. The molecule has 70 valence electrons. The standard InChI is InChI=1S/C13H7NO/c14-8-13(9-15)12-6-5-10-3-1-2-4-11(10)7-12/h1-7H. The zero-order chi connectivity index (χ0) is 10.7. The lowest BCUT2D eigenvalue weighted by Crippen LogP contribution is -1.82. The maximum absolute atomic E-state index is 10.5. The molecule has 0 bridgehead atoms. The summed E-state index contributed by atoms with van der Waals surface area (Å²) in [4.78, 5) is 10.5. The van der Waals surface area contributed by atoms with E-state index < -0.39 is 0 Å². The van der Waals surface area contributed by atoms with Crippen LogP contribution in [-0.2, 0) is 4.79 Å². The highest BCUT2D eigenvalue weighted by atomic mass is 16.1. The van der Waals surface area contributed by atoms with Gasteiger partial charge < -0.3 is 0 Å². The average molecular weight is 193 g/mol. The van der Waals surface area contributed by atoms with Gasteiger partial charge in [-0.05, 0) is 16.8 Å². The summed E-state index contributed by atoms with van der Waals surface area (Å²) < 4.78 is 0. The Balaban J connectivity index is 2.67. The van der Waals surface area contributed by atoms with E-state index in [4.69, 9.17) is 5.26 Å². The summed E-state index contributed by atoms with van der Waals surface area (Å²) in [6, 6.07) is 15.1. The molecule has 0 heterocycles. The van der Waals surface area contributed by atoms with Gasteiger partial charge in [-0.15, -0.1) is 0 Å². The van der Waals surface area contributed by atoms with Crippen LogP contribution in [0.5, 0.6) is 0 Å². The topological polar surface area (TPSA) is 40.9 Å². The van der Waals surface area contributed by atoms with E-state index in [0.29, 0.717) is 5.56 Å². The molecule has 0 amide bonds. The van der Waals surface area contributed by atoms with Gasteiger partial charge in [0.05, 0.1) is 0 Å². The molecule has 0 aliphatic rings. The van der Waals surface area contributed by atoms with Crippen molar-refractivity contribution in [3.05, 3.63) is 48.0 Å². The molecule has 0 N–H and O–H groups in total. The maximum Gasteiger partial charge on any atom is 0.144 e. The fourth-order valence-corrected chi connectivity index (χ4v) is 1.49. The van der Waals surface area contributed by atoms with Crippen molar-refractivity contribution in [3.8, 4) is 6.07 Å². The number of fused-ring (bicyclic) bond motifs is 1. The first-order chi connectivity index (χ1) is 7.35. The number of carbonyl (C=O) groups excluding carboxylic acids is 1. The quantitative estimate of drug-likeness (QED) is 0.516. The summed E-state index contributed by atoms with van der Waals surface area (Å²) in [5, 5.41) is 10.8. The lowest BCUT2D eigenvalue weighted by Gasteiger charge is -1.99. The predicted octanol–water partition coefficient (Wildman–Crippen LogP) is 2.58. The van der Waals surface area contributed by atoms with Gasteiger partial charge in [-0.25, -0.2) is 4.79 Å². The third kappa shape index (κ3) is 1.65. The predicted molar refractivity (Wildman–Crippen MR) is 58.7 cm³/mol. The van der Waals surface area contributed by atoms with Crippen molar-refractivity contribution >= 4 is 22.3 Å². The van der Waals surface area contributed by atoms with E-state index in [1.54, 1.807) is 12.0 Å². The number of nitriles is 1. The minimum absolute atomic E-state index is 0.0424. The van der Waals surface area contributed by atoms with E-state index in [-0.39, 0.29) is 5.57 Å². The fraction of sp³-hybridized carbons (Fsp3) is 0. The molecule has 0 saturated carbocycles. The molecule has 0 aliphatic carbocycles. The lowest BCUT2D eigenvalue weighted by molar-refractivity contribution is 0.569. The molecule has 2 aromatic rings. The molecule has 0 radical (unpaired) electrons. The molecule has 2 heteroatoms. The Morgan fingerprint density at radius 1 is 1.07 bits per heavy atom. The number of nitrogens with zero attached hydrogens (tertiary/aromatic N) is 1. The van der Waals surface area contributed by atoms with Crippen molar-refractivity contribution in [2.75, 3.05) is 0 Å². The highest BCUT2D eigenvalue weighted by Gasteiger charge is 2.01. The van der Waals surface area contributed by atoms with Gasteiger partial charge in [-0.3, -0.25) is 0 Å². The van der Waals surface area contributed by atoms with Crippen LogP contribution in [-0.4, -0.2) is 5.94 Å². The molecule has 15 heavy (non-hydrogen) atoms. The summed E-state index contributed by atoms with van der Waals surface area (Å²) >= 11 is 0. The number of allylic oxidation sites excluding steroid dienone is 1. The third-order valence-corrected chi connectivity index (χ3v) is 2.25. The van der Waals surface area contributed by atoms with Crippen molar-refractivity contribution in [1.82, 2.24) is 0 Å². The van der Waals surface area contributed by atoms with E-state index in [0.717, 1.165) is 10.8 Å². The molecule has 0 aromatic heterocycles. The van der Waals surface area contributed by atoms with Gasteiger partial charge in [0.15, 0.2) is 0 Å². The zero-order valence-corrected chi connectivity index (χ0v) is 7.90. The molecule has 2 nitrogen and oxygen atoms in total. The normalized spacial score (nSPS) is 9.27. The second-order valence-corrected chi connectivity index (χ2v) is 3.15. The van der Waals surface area contributed by atoms with Crippen molar-refractivity contribution in [1.29, 1.82) is 5.26 Å². The molecule has 0 spiro atoms. The molecule has 0 saturated heterocycles. The zero-order valence-electron chi connectivity index (χ0n) is 7.90. The van der Waals surface area contributed by atoms with Gasteiger partial charge in [0.25, 0.3) is 0 Å². The van der Waals surface area contributed by atoms with Gasteiger partial charge in [-0.2, -0.15) is 5.26 Å². The van der Waals surface area contributed by atoms with Crippen LogP contribution in [0.15, 0.2) is 42.5 Å². The Bertz CT molecular complexity index is 601. The summed E-state index contributed by atoms with van der Waals surface area (Å²) in [5.41, 5.74) is 0.659. The molecule has 0 atom stereocenters. The summed E-state index contributed by atoms with van der Waals surface area (Å²) in [5.74, 6) is 1.64. The monoisotopic (exact) mass is 193 g/mol. The number of rotatable bonds is 1. The van der Waals surface area contributed by atoms with Gasteiger partial charge in [0, 0.05) is 5.56 Å². The van der Waals surface area contributed by atoms with E-state index in [9.17, 15) is 4.79 Å². The second kappa shape index (κ2) is 3.79. The Morgan fingerprint density at radius 3 is 2.47 bits per heavy atom. The Morgan fingerprint density at radius 2 is 1.80 bits per heavy atom. The van der Waals surface area contributed by atoms with Crippen LogP contribution >= 0.6 is 0 Å². The van der Waals surface area contributed by atoms with E-state index in [1.807, 2.05) is 42.5 Å². The van der Waals surface area contributed by atoms with Gasteiger partial charge >= 0.3 is 0 Å². The summed E-state index contributed by atoms with van der Waals surface area (Å²) in [7, 11) is 0. The minimum atomic E-state index is 0.0424. The first-order valence-corrected chi connectivity index (χ1v) is 4.49. The van der Waals surface area contributed by atoms with E-state index in [2.05, 4.69) is 0 Å². The molecule has 0 fully saturated rings. The molecule has 0 aliphatic heterocycles. The van der Waals surface area contributed by atoms with Crippen molar-refractivity contribution in [3.63, 3.8) is 0 Å². The highest BCUT2D eigenvalue weighted by molar-refractivity contribution is 5.98. The first kappa shape index (κ1) is 9.21. The van der Waals surface area contributed by atoms with Crippen LogP contribution in [0.25, 0.3) is 16.3 Å². The molecular formula is C13H7NO. The summed E-state index contributed by atoms with van der Waals surface area (Å²) in [6.45, 7) is 0. The SMILES string of the molecule is N#CC(=C=O)c1ccc2ccccc2c1. The third-order valence-electron chi connectivity index (χ3n) is 2.25. The van der Waals surface area contributed by atoms with Crippen molar-refractivity contribution < 1.29 is 4.79 Å². The van der Waals surface area contributed by atoms with Crippen LogP contribution in [0.4, 0.5) is 0 Å². The fourth-order valence-electron chi connectivity index (χ4n) is 1.49. The Hall–Kier alpha value is -2.36. The number of hydrogen-bond acceptors (Lipinski definition) is 2. The van der Waals surface area contributed by atoms with Crippen LogP contribution in [0.1, 0.15) is 5.56 Å². The van der Waals surface area contributed by atoms with E-state index in [1.165, 1.54) is 0 Å². The maximum atomic E-state index is 10.5. The lowest BCUT2D eigenvalue weighted by atomic mass is 10.0.